The molecule has 0 radical (unpaired) electrons. The van der Waals surface area contributed by atoms with Gasteiger partial charge in [-0.05, 0) is 67.4 Å². The van der Waals surface area contributed by atoms with Gasteiger partial charge in [0.1, 0.15) is 17.4 Å². The van der Waals surface area contributed by atoms with E-state index < -0.39 is 18.1 Å². The van der Waals surface area contributed by atoms with E-state index in [2.05, 4.69) is 6.92 Å². The summed E-state index contributed by atoms with van der Waals surface area (Å²) >= 11 is 0. The normalized spacial score (nSPS) is 20.4. The molecule has 0 N–H and O–H groups in total. The molecule has 2 aliphatic heterocycles. The van der Waals surface area contributed by atoms with E-state index in [0.29, 0.717) is 24.7 Å². The number of benzene rings is 3. The average Bonchev–Trinajstić information content (AvgIpc) is 3.48. The molecule has 5 rings (SSSR count). The number of amides is 2. The van der Waals surface area contributed by atoms with Crippen LogP contribution in [0.1, 0.15) is 57.6 Å². The molecule has 3 atom stereocenters. The molecule has 2 fully saturated rings. The molecule has 3 aromatic carbocycles. The number of unbranched alkanes of at least 4 members (excludes halogenated alkanes) is 4. The SMILES string of the molecule is CCCCCCCOc1ccc([C@H]2[C@H]3C(=O)N(c4ccc(OCC)cc4)C(=O)[C@@H]3ON2c2ccccc2)cc1. The largest absolute Gasteiger partial charge is 0.494 e. The number of nitrogens with zero attached hydrogens (tertiary/aromatic N) is 2. The highest BCUT2D eigenvalue weighted by Crippen LogP contribution is 2.47. The fourth-order valence-corrected chi connectivity index (χ4v) is 5.32. The number of rotatable bonds is 12. The van der Waals surface area contributed by atoms with Crippen LogP contribution in [0.5, 0.6) is 11.5 Å². The molecule has 0 bridgehead atoms. The van der Waals surface area contributed by atoms with Crippen molar-refractivity contribution in [2.45, 2.75) is 58.1 Å². The van der Waals surface area contributed by atoms with Crippen LogP contribution in [0.2, 0.25) is 0 Å². The highest BCUT2D eigenvalue weighted by Gasteiger charge is 2.60. The number of hydroxylamine groups is 1. The van der Waals surface area contributed by atoms with Gasteiger partial charge in [-0.1, -0.05) is 62.9 Å². The molecule has 0 saturated carbocycles. The lowest BCUT2D eigenvalue weighted by molar-refractivity contribution is -0.126. The van der Waals surface area contributed by atoms with Gasteiger partial charge in [-0.3, -0.25) is 14.4 Å². The van der Waals surface area contributed by atoms with Gasteiger partial charge in [-0.25, -0.2) is 9.96 Å². The van der Waals surface area contributed by atoms with Crippen molar-refractivity contribution in [3.63, 3.8) is 0 Å². The van der Waals surface area contributed by atoms with Crippen LogP contribution >= 0.6 is 0 Å². The average molecular weight is 529 g/mol. The maximum atomic E-state index is 13.8. The van der Waals surface area contributed by atoms with Crippen LogP contribution in [0.25, 0.3) is 0 Å². The zero-order chi connectivity index (χ0) is 27.2. The van der Waals surface area contributed by atoms with Gasteiger partial charge in [0.25, 0.3) is 5.91 Å². The summed E-state index contributed by atoms with van der Waals surface area (Å²) in [5.41, 5.74) is 2.19. The summed E-state index contributed by atoms with van der Waals surface area (Å²) in [6.45, 7) is 5.34. The van der Waals surface area contributed by atoms with Crippen LogP contribution in [0, 0.1) is 5.92 Å². The maximum absolute atomic E-state index is 13.8. The summed E-state index contributed by atoms with van der Waals surface area (Å²) in [4.78, 5) is 34.8. The number of hydrogen-bond acceptors (Lipinski definition) is 6. The Balaban J connectivity index is 1.37. The van der Waals surface area contributed by atoms with E-state index in [1.165, 1.54) is 30.6 Å². The Morgan fingerprint density at radius 3 is 2.08 bits per heavy atom. The van der Waals surface area contributed by atoms with Crippen LogP contribution in [-0.2, 0) is 14.4 Å². The first-order chi connectivity index (χ1) is 19.1. The molecule has 3 aromatic rings. The zero-order valence-electron chi connectivity index (χ0n) is 22.6. The van der Waals surface area contributed by atoms with E-state index in [4.69, 9.17) is 14.3 Å². The lowest BCUT2D eigenvalue weighted by Gasteiger charge is -2.29. The molecular formula is C32H36N2O5. The van der Waals surface area contributed by atoms with E-state index >= 15 is 0 Å². The van der Waals surface area contributed by atoms with Crippen LogP contribution in [0.4, 0.5) is 11.4 Å². The highest BCUT2D eigenvalue weighted by atomic mass is 16.7. The molecule has 0 spiro atoms. The predicted molar refractivity (Wildman–Crippen MR) is 151 cm³/mol. The number of carbonyl (C=O) groups excluding carboxylic acids is 2. The number of para-hydroxylation sites is 1. The van der Waals surface area contributed by atoms with E-state index in [-0.39, 0.29) is 11.8 Å². The van der Waals surface area contributed by atoms with Gasteiger partial charge in [0.15, 0.2) is 6.10 Å². The topological polar surface area (TPSA) is 68.3 Å². The van der Waals surface area contributed by atoms with Gasteiger partial charge in [0, 0.05) is 0 Å². The first-order valence-electron chi connectivity index (χ1n) is 14.0. The number of imide groups is 1. The zero-order valence-corrected chi connectivity index (χ0v) is 22.6. The molecule has 0 aliphatic carbocycles. The van der Waals surface area contributed by atoms with E-state index in [1.807, 2.05) is 61.5 Å². The molecule has 7 nitrogen and oxygen atoms in total. The maximum Gasteiger partial charge on any atom is 0.266 e. The molecule has 2 amide bonds. The third kappa shape index (κ3) is 5.64. The fraction of sp³-hybridized carbons (Fsp3) is 0.375. The second kappa shape index (κ2) is 12.3. The Labute approximate surface area is 230 Å². The lowest BCUT2D eigenvalue weighted by Crippen LogP contribution is -2.37. The molecule has 2 aliphatic rings. The minimum Gasteiger partial charge on any atom is -0.494 e. The summed E-state index contributed by atoms with van der Waals surface area (Å²) in [5, 5.41) is 1.71. The standard InChI is InChI=1S/C32H36N2O5/c1-3-5-6-7-11-22-38-27-18-14-23(15-19-27)29-28-30(39-34(29)25-12-9-8-10-13-25)32(36)33(31(28)35)24-16-20-26(21-17-24)37-4-2/h8-10,12-21,28-30H,3-7,11,22H2,1-2H3/t28-,29+,30-/m1/s1. The number of ether oxygens (including phenoxy) is 2. The van der Waals surface area contributed by atoms with Gasteiger partial charge < -0.3 is 9.47 Å². The first-order valence-corrected chi connectivity index (χ1v) is 14.0. The molecular weight excluding hydrogens is 492 g/mol. The monoisotopic (exact) mass is 528 g/mol. The third-order valence-corrected chi connectivity index (χ3v) is 7.27. The minimum atomic E-state index is -0.909. The fourth-order valence-electron chi connectivity index (χ4n) is 5.32. The summed E-state index contributed by atoms with van der Waals surface area (Å²) in [6, 6.07) is 23.9. The summed E-state index contributed by atoms with van der Waals surface area (Å²) in [6.07, 6.45) is 5.01. The van der Waals surface area contributed by atoms with Crippen LogP contribution in [0.15, 0.2) is 78.9 Å². The van der Waals surface area contributed by atoms with Crippen molar-refractivity contribution in [2.24, 2.45) is 5.92 Å². The summed E-state index contributed by atoms with van der Waals surface area (Å²) in [5.74, 6) is 0.161. The first kappa shape index (κ1) is 26.8. The molecule has 2 heterocycles. The number of hydrogen-bond donors (Lipinski definition) is 0. The molecule has 204 valence electrons. The number of anilines is 2. The molecule has 2 saturated heterocycles. The molecule has 0 aromatic heterocycles. The van der Waals surface area contributed by atoms with Crippen molar-refractivity contribution >= 4 is 23.2 Å². The number of carbonyl (C=O) groups is 2. The Hall–Kier alpha value is -3.84. The third-order valence-electron chi connectivity index (χ3n) is 7.27. The molecule has 0 unspecified atom stereocenters. The second-order valence-electron chi connectivity index (χ2n) is 9.93. The van der Waals surface area contributed by atoms with Crippen molar-refractivity contribution in [1.82, 2.24) is 0 Å². The number of fused-ring (bicyclic) bond motifs is 1. The van der Waals surface area contributed by atoms with E-state index in [1.54, 1.807) is 29.3 Å². The van der Waals surface area contributed by atoms with Gasteiger partial charge in [-0.15, -0.1) is 0 Å². The van der Waals surface area contributed by atoms with Crippen molar-refractivity contribution in [3.8, 4) is 11.5 Å². The second-order valence-corrected chi connectivity index (χ2v) is 9.93. The van der Waals surface area contributed by atoms with Gasteiger partial charge in [-0.2, -0.15) is 0 Å². The van der Waals surface area contributed by atoms with Crippen molar-refractivity contribution in [3.05, 3.63) is 84.4 Å². The summed E-state index contributed by atoms with van der Waals surface area (Å²) in [7, 11) is 0. The van der Waals surface area contributed by atoms with Gasteiger partial charge in [0.05, 0.1) is 30.6 Å². The summed E-state index contributed by atoms with van der Waals surface area (Å²) < 4.78 is 11.5. The van der Waals surface area contributed by atoms with Crippen molar-refractivity contribution < 1.29 is 23.9 Å². The Morgan fingerprint density at radius 1 is 0.718 bits per heavy atom. The van der Waals surface area contributed by atoms with E-state index in [9.17, 15) is 9.59 Å². The highest BCUT2D eigenvalue weighted by molar-refractivity contribution is 6.23. The Morgan fingerprint density at radius 2 is 1.38 bits per heavy atom. The quantitative estimate of drug-likeness (QED) is 0.198. The van der Waals surface area contributed by atoms with Crippen LogP contribution < -0.4 is 19.4 Å². The minimum absolute atomic E-state index is 0.273. The van der Waals surface area contributed by atoms with E-state index in [0.717, 1.165) is 23.4 Å². The van der Waals surface area contributed by atoms with Crippen molar-refractivity contribution in [2.75, 3.05) is 23.2 Å². The molecule has 7 heteroatoms. The Kier molecular flexibility index (Phi) is 8.47. The smallest absolute Gasteiger partial charge is 0.266 e. The lowest BCUT2D eigenvalue weighted by atomic mass is 9.90. The molecule has 39 heavy (non-hydrogen) atoms. The predicted octanol–water partition coefficient (Wildman–Crippen LogP) is 6.49. The van der Waals surface area contributed by atoms with Crippen LogP contribution in [-0.4, -0.2) is 31.1 Å². The van der Waals surface area contributed by atoms with Crippen molar-refractivity contribution in [1.29, 1.82) is 0 Å². The van der Waals surface area contributed by atoms with Gasteiger partial charge >= 0.3 is 0 Å². The Bertz CT molecular complexity index is 1250. The van der Waals surface area contributed by atoms with Crippen LogP contribution in [0.3, 0.4) is 0 Å². The van der Waals surface area contributed by atoms with Gasteiger partial charge in [0.2, 0.25) is 5.91 Å².